The second kappa shape index (κ2) is 4.61. The lowest BCUT2D eigenvalue weighted by atomic mass is 10.2. The third-order valence-corrected chi connectivity index (χ3v) is 2.65. The van der Waals surface area contributed by atoms with Gasteiger partial charge in [-0.25, -0.2) is 0 Å². The summed E-state index contributed by atoms with van der Waals surface area (Å²) < 4.78 is 10.5. The Balaban J connectivity index is 2.08. The van der Waals surface area contributed by atoms with Crippen LogP contribution in [0.1, 0.15) is 17.0 Å². The average Bonchev–Trinajstić information content (AvgIpc) is 2.88. The molecule has 5 heteroatoms. The van der Waals surface area contributed by atoms with Crippen molar-refractivity contribution >= 4 is 17.6 Å². The Hall–Kier alpha value is -1.42. The van der Waals surface area contributed by atoms with Crippen molar-refractivity contribution in [1.82, 2.24) is 4.98 Å². The fraction of sp³-hybridized carbons (Fsp3) is 0.364. The Morgan fingerprint density at radius 1 is 1.44 bits per heavy atom. The number of nitrogens with zero attached hydrogens (tertiary/aromatic N) is 2. The van der Waals surface area contributed by atoms with Gasteiger partial charge in [-0.3, -0.25) is 0 Å². The van der Waals surface area contributed by atoms with E-state index in [0.29, 0.717) is 18.4 Å². The van der Waals surface area contributed by atoms with Crippen LogP contribution in [-0.4, -0.2) is 12.0 Å². The van der Waals surface area contributed by atoms with Crippen molar-refractivity contribution in [3.05, 3.63) is 35.6 Å². The number of aromatic nitrogens is 1. The molecule has 2 aromatic heterocycles. The van der Waals surface area contributed by atoms with Gasteiger partial charge in [0.2, 0.25) is 0 Å². The van der Waals surface area contributed by atoms with Crippen LogP contribution in [0.25, 0.3) is 0 Å². The summed E-state index contributed by atoms with van der Waals surface area (Å²) in [6.07, 6.45) is 3.25. The van der Waals surface area contributed by atoms with E-state index in [1.165, 1.54) is 0 Å². The lowest BCUT2D eigenvalue weighted by Crippen LogP contribution is -2.16. The van der Waals surface area contributed by atoms with Crippen molar-refractivity contribution in [2.75, 3.05) is 11.9 Å². The van der Waals surface area contributed by atoms with Crippen molar-refractivity contribution in [2.45, 2.75) is 19.3 Å². The first-order valence-electron chi connectivity index (χ1n) is 4.95. The first-order valence-corrected chi connectivity index (χ1v) is 5.48. The molecule has 0 spiro atoms. The number of alkyl halides is 1. The van der Waals surface area contributed by atoms with Crippen molar-refractivity contribution in [1.29, 1.82) is 0 Å². The normalized spacial score (nSPS) is 10.7. The quantitative estimate of drug-likeness (QED) is 0.771. The van der Waals surface area contributed by atoms with E-state index in [2.05, 4.69) is 4.98 Å². The molecule has 2 heterocycles. The second-order valence-corrected chi connectivity index (χ2v) is 3.88. The number of oxazole rings is 1. The van der Waals surface area contributed by atoms with Gasteiger partial charge in [0.1, 0.15) is 12.0 Å². The molecule has 2 aromatic rings. The summed E-state index contributed by atoms with van der Waals surface area (Å²) in [5.74, 6) is 1.28. The highest BCUT2D eigenvalue weighted by atomic mass is 35.5. The topological polar surface area (TPSA) is 42.4 Å². The molecular formula is C11H13ClN2O2. The van der Waals surface area contributed by atoms with Gasteiger partial charge in [-0.05, 0) is 13.0 Å². The molecule has 0 radical (unpaired) electrons. The maximum absolute atomic E-state index is 5.66. The number of hydrogen-bond acceptors (Lipinski definition) is 4. The molecule has 0 unspecified atom stereocenters. The van der Waals surface area contributed by atoms with E-state index in [9.17, 15) is 0 Å². The van der Waals surface area contributed by atoms with Crippen LogP contribution in [0.2, 0.25) is 0 Å². The number of anilines is 1. The maximum Gasteiger partial charge on any atom is 0.297 e. The minimum Gasteiger partial charge on any atom is -0.469 e. The lowest BCUT2D eigenvalue weighted by Gasteiger charge is -2.13. The fourth-order valence-corrected chi connectivity index (χ4v) is 1.55. The highest BCUT2D eigenvalue weighted by Gasteiger charge is 2.11. The van der Waals surface area contributed by atoms with E-state index in [1.54, 1.807) is 12.5 Å². The van der Waals surface area contributed by atoms with Crippen LogP contribution < -0.4 is 4.90 Å². The molecule has 0 bridgehead atoms. The zero-order valence-corrected chi connectivity index (χ0v) is 9.99. The van der Waals surface area contributed by atoms with Gasteiger partial charge < -0.3 is 13.7 Å². The average molecular weight is 241 g/mol. The Morgan fingerprint density at radius 2 is 2.25 bits per heavy atom. The molecule has 0 aliphatic rings. The summed E-state index contributed by atoms with van der Waals surface area (Å²) in [7, 11) is 1.91. The van der Waals surface area contributed by atoms with E-state index in [-0.39, 0.29) is 0 Å². The van der Waals surface area contributed by atoms with Gasteiger partial charge >= 0.3 is 0 Å². The molecule has 0 fully saturated rings. The van der Waals surface area contributed by atoms with Crippen molar-refractivity contribution < 1.29 is 8.83 Å². The molecule has 0 amide bonds. The SMILES string of the molecule is Cc1occc1CN(C)c1nc(CCl)co1. The molecule has 0 aromatic carbocycles. The Morgan fingerprint density at radius 3 is 2.81 bits per heavy atom. The molecule has 0 N–H and O–H groups in total. The molecule has 0 saturated carbocycles. The third-order valence-electron chi connectivity index (χ3n) is 2.38. The lowest BCUT2D eigenvalue weighted by molar-refractivity contribution is 0.524. The predicted molar refractivity (Wildman–Crippen MR) is 61.6 cm³/mol. The highest BCUT2D eigenvalue weighted by molar-refractivity contribution is 6.16. The summed E-state index contributed by atoms with van der Waals surface area (Å²) in [5.41, 5.74) is 1.86. The highest BCUT2D eigenvalue weighted by Crippen LogP contribution is 2.18. The molecule has 0 aliphatic heterocycles. The molecule has 4 nitrogen and oxygen atoms in total. The van der Waals surface area contributed by atoms with Crippen LogP contribution in [0.15, 0.2) is 27.4 Å². The van der Waals surface area contributed by atoms with Gasteiger partial charge in [-0.1, -0.05) is 0 Å². The standard InChI is InChI=1S/C11H13ClN2O2/c1-8-9(3-4-15-8)6-14(2)11-13-10(5-12)7-16-11/h3-4,7H,5-6H2,1-2H3. The van der Waals surface area contributed by atoms with E-state index >= 15 is 0 Å². The zero-order chi connectivity index (χ0) is 11.5. The number of rotatable bonds is 4. The smallest absolute Gasteiger partial charge is 0.297 e. The van der Waals surface area contributed by atoms with Gasteiger partial charge in [0.05, 0.1) is 24.4 Å². The largest absolute Gasteiger partial charge is 0.469 e. The van der Waals surface area contributed by atoms with Crippen LogP contribution in [-0.2, 0) is 12.4 Å². The molecule has 0 aliphatic carbocycles. The Bertz CT molecular complexity index is 464. The Kier molecular flexibility index (Phi) is 3.19. The number of hydrogen-bond donors (Lipinski definition) is 0. The molecule has 86 valence electrons. The fourth-order valence-electron chi connectivity index (χ4n) is 1.43. The summed E-state index contributed by atoms with van der Waals surface area (Å²) in [4.78, 5) is 6.15. The minimum atomic E-state index is 0.363. The molecule has 0 atom stereocenters. The van der Waals surface area contributed by atoms with Crippen molar-refractivity contribution in [3.8, 4) is 0 Å². The van der Waals surface area contributed by atoms with Crippen LogP contribution in [0.3, 0.4) is 0 Å². The molecular weight excluding hydrogens is 228 g/mol. The number of furan rings is 1. The maximum atomic E-state index is 5.66. The van der Waals surface area contributed by atoms with Gasteiger partial charge in [0.15, 0.2) is 0 Å². The summed E-state index contributed by atoms with van der Waals surface area (Å²) in [5, 5.41) is 0. The van der Waals surface area contributed by atoms with Crippen LogP contribution in [0.5, 0.6) is 0 Å². The van der Waals surface area contributed by atoms with E-state index in [4.69, 9.17) is 20.4 Å². The zero-order valence-electron chi connectivity index (χ0n) is 9.24. The molecule has 16 heavy (non-hydrogen) atoms. The van der Waals surface area contributed by atoms with Crippen molar-refractivity contribution in [3.63, 3.8) is 0 Å². The van der Waals surface area contributed by atoms with Crippen LogP contribution >= 0.6 is 11.6 Å². The first kappa shape index (κ1) is 11.1. The first-order chi connectivity index (χ1) is 7.70. The van der Waals surface area contributed by atoms with Gasteiger partial charge in [-0.2, -0.15) is 4.98 Å². The number of halogens is 1. The summed E-state index contributed by atoms with van der Waals surface area (Å²) in [6.45, 7) is 2.63. The van der Waals surface area contributed by atoms with E-state index in [0.717, 1.165) is 17.0 Å². The third kappa shape index (κ3) is 2.22. The van der Waals surface area contributed by atoms with E-state index < -0.39 is 0 Å². The summed E-state index contributed by atoms with van der Waals surface area (Å²) in [6, 6.07) is 2.51. The number of aryl methyl sites for hydroxylation is 1. The van der Waals surface area contributed by atoms with Crippen molar-refractivity contribution in [2.24, 2.45) is 0 Å². The second-order valence-electron chi connectivity index (χ2n) is 3.61. The molecule has 2 rings (SSSR count). The Labute approximate surface area is 98.8 Å². The minimum absolute atomic E-state index is 0.363. The van der Waals surface area contributed by atoms with Gasteiger partial charge in [0.25, 0.3) is 6.01 Å². The molecule has 0 saturated heterocycles. The van der Waals surface area contributed by atoms with Crippen LogP contribution in [0, 0.1) is 6.92 Å². The van der Waals surface area contributed by atoms with Gasteiger partial charge in [-0.15, -0.1) is 11.6 Å². The predicted octanol–water partition coefficient (Wildman–Crippen LogP) is 2.95. The van der Waals surface area contributed by atoms with Gasteiger partial charge in [0, 0.05) is 12.6 Å². The summed E-state index contributed by atoms with van der Waals surface area (Å²) >= 11 is 5.66. The van der Waals surface area contributed by atoms with Crippen LogP contribution in [0.4, 0.5) is 6.01 Å². The monoisotopic (exact) mass is 240 g/mol. The van der Waals surface area contributed by atoms with E-state index in [1.807, 2.05) is 24.9 Å².